The van der Waals surface area contributed by atoms with Gasteiger partial charge in [-0.3, -0.25) is 4.79 Å². The number of allylic oxidation sites excluding steroid dienone is 2. The van der Waals surface area contributed by atoms with E-state index in [-0.39, 0.29) is 10.7 Å². The third-order valence-corrected chi connectivity index (χ3v) is 3.15. The zero-order chi connectivity index (χ0) is 10.7. The average molecular weight is 278 g/mol. The molecule has 0 aromatic heterocycles. The van der Waals surface area contributed by atoms with Crippen molar-refractivity contribution >= 4 is 38.6 Å². The minimum Gasteiger partial charge on any atom is -0.268 e. The molecule has 0 saturated carbocycles. The molecule has 0 aliphatic carbocycles. The largest absolute Gasteiger partial charge is 0.269 e. The molecule has 14 heavy (non-hydrogen) atoms. The third-order valence-electron chi connectivity index (χ3n) is 1.79. The Morgan fingerprint density at radius 1 is 1.79 bits per heavy atom. The Kier molecular flexibility index (Phi) is 3.89. The molecule has 0 aromatic rings. The summed E-state index contributed by atoms with van der Waals surface area (Å²) >= 11 is 9.21. The van der Waals surface area contributed by atoms with Crippen LogP contribution in [0.4, 0.5) is 0 Å². The number of rotatable bonds is 1. The van der Waals surface area contributed by atoms with Gasteiger partial charge in [0.15, 0.2) is 0 Å². The van der Waals surface area contributed by atoms with Crippen molar-refractivity contribution < 1.29 is 4.79 Å². The van der Waals surface area contributed by atoms with Crippen molar-refractivity contribution in [2.24, 2.45) is 5.10 Å². The standard InChI is InChI=1S/C9H10BrClN2O/c1-3-4-6-5-7(10)8(11)12-13(2)9(6)14/h3-4,7H,1,5H2,2H3/b6-4+. The quantitative estimate of drug-likeness (QED) is 0.534. The first-order valence-electron chi connectivity index (χ1n) is 4.04. The molecule has 1 aliphatic heterocycles. The van der Waals surface area contributed by atoms with Crippen LogP contribution in [0.25, 0.3) is 0 Å². The predicted octanol–water partition coefficient (Wildman–Crippen LogP) is 2.28. The van der Waals surface area contributed by atoms with E-state index in [9.17, 15) is 4.79 Å². The molecule has 0 bridgehead atoms. The normalized spacial score (nSPS) is 26.1. The lowest BCUT2D eigenvalue weighted by Crippen LogP contribution is -2.21. The minimum absolute atomic E-state index is 0.107. The fourth-order valence-corrected chi connectivity index (χ4v) is 1.74. The number of alkyl halides is 1. The van der Waals surface area contributed by atoms with Crippen LogP contribution in [0.5, 0.6) is 0 Å². The summed E-state index contributed by atoms with van der Waals surface area (Å²) in [6.07, 6.45) is 3.79. The molecule has 1 heterocycles. The smallest absolute Gasteiger partial charge is 0.268 e. The Morgan fingerprint density at radius 3 is 3.00 bits per heavy atom. The second kappa shape index (κ2) is 4.75. The van der Waals surface area contributed by atoms with Crippen molar-refractivity contribution in [1.82, 2.24) is 5.01 Å². The summed E-state index contributed by atoms with van der Waals surface area (Å²) in [4.78, 5) is 11.5. The van der Waals surface area contributed by atoms with Crippen LogP contribution in [-0.4, -0.2) is 28.0 Å². The van der Waals surface area contributed by atoms with E-state index in [1.165, 1.54) is 5.01 Å². The van der Waals surface area contributed by atoms with E-state index < -0.39 is 0 Å². The van der Waals surface area contributed by atoms with Crippen molar-refractivity contribution in [3.8, 4) is 0 Å². The van der Waals surface area contributed by atoms with E-state index in [1.54, 1.807) is 19.2 Å². The summed E-state index contributed by atoms with van der Waals surface area (Å²) in [5.74, 6) is -0.148. The molecule has 5 heteroatoms. The Balaban J connectivity index is 3.02. The summed E-state index contributed by atoms with van der Waals surface area (Å²) < 4.78 is 0. The fraction of sp³-hybridized carbons (Fsp3) is 0.333. The third kappa shape index (κ3) is 2.45. The zero-order valence-corrected chi connectivity index (χ0v) is 10.0. The van der Waals surface area contributed by atoms with E-state index in [0.29, 0.717) is 17.2 Å². The highest BCUT2D eigenvalue weighted by Gasteiger charge is 2.24. The van der Waals surface area contributed by atoms with Gasteiger partial charge in [0.1, 0.15) is 5.17 Å². The van der Waals surface area contributed by atoms with Gasteiger partial charge in [0, 0.05) is 12.6 Å². The Labute approximate surface area is 96.2 Å². The molecule has 76 valence electrons. The van der Waals surface area contributed by atoms with Crippen molar-refractivity contribution in [3.63, 3.8) is 0 Å². The Bertz CT molecular complexity index is 325. The summed E-state index contributed by atoms with van der Waals surface area (Å²) in [7, 11) is 1.58. The van der Waals surface area contributed by atoms with Crippen LogP contribution in [0.3, 0.4) is 0 Å². The summed E-state index contributed by atoms with van der Waals surface area (Å²) in [5, 5.41) is 5.53. The van der Waals surface area contributed by atoms with Gasteiger partial charge < -0.3 is 0 Å². The van der Waals surface area contributed by atoms with Crippen molar-refractivity contribution in [2.45, 2.75) is 11.2 Å². The van der Waals surface area contributed by atoms with Gasteiger partial charge >= 0.3 is 0 Å². The van der Waals surface area contributed by atoms with Gasteiger partial charge in [-0.25, -0.2) is 5.01 Å². The highest BCUT2D eigenvalue weighted by atomic mass is 79.9. The van der Waals surface area contributed by atoms with E-state index in [4.69, 9.17) is 11.6 Å². The highest BCUT2D eigenvalue weighted by Crippen LogP contribution is 2.22. The maximum atomic E-state index is 11.6. The first-order valence-corrected chi connectivity index (χ1v) is 5.33. The van der Waals surface area contributed by atoms with Gasteiger partial charge in [-0.1, -0.05) is 46.3 Å². The van der Waals surface area contributed by atoms with Crippen LogP contribution in [0.2, 0.25) is 0 Å². The maximum absolute atomic E-state index is 11.6. The SMILES string of the molecule is C=C/C=C1\CC(Br)C(Cl)=NN(C)C1=O. The minimum atomic E-state index is -0.148. The highest BCUT2D eigenvalue weighted by molar-refractivity contribution is 9.10. The van der Waals surface area contributed by atoms with E-state index in [0.717, 1.165) is 0 Å². The molecule has 0 fully saturated rings. The molecule has 1 aliphatic rings. The number of halogens is 2. The molecule has 1 atom stereocenters. The van der Waals surface area contributed by atoms with E-state index in [2.05, 4.69) is 27.6 Å². The van der Waals surface area contributed by atoms with Crippen LogP contribution in [-0.2, 0) is 4.79 Å². The molecular weight excluding hydrogens is 267 g/mol. The number of likely N-dealkylation sites (N-methyl/N-ethyl adjacent to an activating group) is 1. The Morgan fingerprint density at radius 2 is 2.43 bits per heavy atom. The summed E-state index contributed by atoms with van der Waals surface area (Å²) in [6, 6.07) is 0. The van der Waals surface area contributed by atoms with E-state index in [1.807, 2.05) is 0 Å². The Hall–Kier alpha value is -0.610. The van der Waals surface area contributed by atoms with Crippen molar-refractivity contribution in [3.05, 3.63) is 24.3 Å². The molecule has 1 unspecified atom stereocenters. The zero-order valence-electron chi connectivity index (χ0n) is 7.70. The summed E-state index contributed by atoms with van der Waals surface area (Å²) in [6.45, 7) is 3.56. The number of hydrogen-bond acceptors (Lipinski definition) is 2. The van der Waals surface area contributed by atoms with Gasteiger partial charge in [0.2, 0.25) is 0 Å². The average Bonchev–Trinajstić information content (AvgIpc) is 2.21. The van der Waals surface area contributed by atoms with Gasteiger partial charge in [-0.05, 0) is 6.42 Å². The number of hydrazone groups is 1. The topological polar surface area (TPSA) is 32.7 Å². The van der Waals surface area contributed by atoms with Gasteiger partial charge in [0.05, 0.1) is 4.83 Å². The monoisotopic (exact) mass is 276 g/mol. The van der Waals surface area contributed by atoms with Gasteiger partial charge in [0.25, 0.3) is 5.91 Å². The second-order valence-corrected chi connectivity index (χ2v) is 4.34. The molecule has 0 N–H and O–H groups in total. The molecule has 0 spiro atoms. The van der Waals surface area contributed by atoms with Crippen LogP contribution < -0.4 is 0 Å². The number of carbonyl (C=O) groups is 1. The van der Waals surface area contributed by atoms with Crippen molar-refractivity contribution in [2.75, 3.05) is 7.05 Å². The van der Waals surface area contributed by atoms with Crippen LogP contribution in [0.1, 0.15) is 6.42 Å². The first kappa shape index (κ1) is 11.5. The lowest BCUT2D eigenvalue weighted by molar-refractivity contribution is -0.125. The number of hydrogen-bond donors (Lipinski definition) is 0. The number of nitrogens with zero attached hydrogens (tertiary/aromatic N) is 2. The maximum Gasteiger partial charge on any atom is 0.269 e. The van der Waals surface area contributed by atoms with Crippen LogP contribution >= 0.6 is 27.5 Å². The van der Waals surface area contributed by atoms with Crippen LogP contribution in [0, 0.1) is 0 Å². The molecular formula is C9H10BrClN2O. The van der Waals surface area contributed by atoms with E-state index >= 15 is 0 Å². The lowest BCUT2D eigenvalue weighted by Gasteiger charge is -2.09. The lowest BCUT2D eigenvalue weighted by atomic mass is 10.1. The molecule has 0 aromatic carbocycles. The molecule has 1 rings (SSSR count). The molecule has 0 saturated heterocycles. The molecule has 0 radical (unpaired) electrons. The number of carbonyl (C=O) groups excluding carboxylic acids is 1. The van der Waals surface area contributed by atoms with Gasteiger partial charge in [-0.15, -0.1) is 0 Å². The second-order valence-electron chi connectivity index (χ2n) is 2.85. The first-order chi connectivity index (χ1) is 6.56. The molecule has 3 nitrogen and oxygen atoms in total. The van der Waals surface area contributed by atoms with Gasteiger partial charge in [-0.2, -0.15) is 5.10 Å². The molecule has 1 amide bonds. The van der Waals surface area contributed by atoms with Crippen molar-refractivity contribution in [1.29, 1.82) is 0 Å². The van der Waals surface area contributed by atoms with Crippen LogP contribution in [0.15, 0.2) is 29.4 Å². The fourth-order valence-electron chi connectivity index (χ4n) is 1.11. The summed E-state index contributed by atoms with van der Waals surface area (Å²) in [5.41, 5.74) is 0.642. The predicted molar refractivity (Wildman–Crippen MR) is 61.7 cm³/mol. The number of amides is 1.